The van der Waals surface area contributed by atoms with Gasteiger partial charge in [-0.2, -0.15) is 13.9 Å². The van der Waals surface area contributed by atoms with Gasteiger partial charge >= 0.3 is 5.92 Å². The van der Waals surface area contributed by atoms with Gasteiger partial charge < -0.3 is 9.84 Å². The van der Waals surface area contributed by atoms with E-state index in [4.69, 9.17) is 4.74 Å². The van der Waals surface area contributed by atoms with E-state index in [1.165, 1.54) is 30.4 Å². The van der Waals surface area contributed by atoms with Crippen molar-refractivity contribution in [2.45, 2.75) is 11.5 Å². The smallest absolute Gasteiger partial charge is 0.323 e. The monoisotopic (exact) mass is 479 g/mol. The summed E-state index contributed by atoms with van der Waals surface area (Å²) in [6.07, 6.45) is 2.11. The first kappa shape index (κ1) is 23.4. The molecule has 0 aliphatic carbocycles. The molecule has 0 radical (unpaired) electrons. The fourth-order valence-corrected chi connectivity index (χ4v) is 3.35. The standard InChI is InChI=1S/C22H18F5N5O2/c1-31-30-29-13-32(31)12-21(33,18-8-4-15(24)10-19(18)25)22(26,27)20-9-7-17(11-28-20)34-16-5-2-14(23)3-6-16/h2-11,13,30,33H,12H2,1H3. The molecule has 0 amide bonds. The van der Waals surface area contributed by atoms with Crippen molar-refractivity contribution in [2.75, 3.05) is 13.6 Å². The van der Waals surface area contributed by atoms with Crippen LogP contribution in [0.1, 0.15) is 11.3 Å². The van der Waals surface area contributed by atoms with Gasteiger partial charge in [-0.3, -0.25) is 9.99 Å². The Morgan fingerprint density at radius 1 is 0.971 bits per heavy atom. The molecule has 1 aromatic heterocycles. The molecule has 4 rings (SSSR count). The Bertz CT molecular complexity index is 1190. The van der Waals surface area contributed by atoms with Crippen LogP contribution in [0.3, 0.4) is 0 Å². The molecular formula is C22H18F5N5O2. The number of nitrogens with one attached hydrogen (secondary N) is 1. The minimum atomic E-state index is -4.16. The van der Waals surface area contributed by atoms with Gasteiger partial charge in [0.2, 0.25) is 0 Å². The third kappa shape index (κ3) is 4.37. The van der Waals surface area contributed by atoms with Gasteiger partial charge in [-0.05, 0) is 48.5 Å². The molecule has 1 aliphatic rings. The van der Waals surface area contributed by atoms with Gasteiger partial charge in [0.05, 0.1) is 12.7 Å². The number of hydrazone groups is 1. The minimum Gasteiger partial charge on any atom is -0.456 e. The van der Waals surface area contributed by atoms with Crippen LogP contribution < -0.4 is 10.3 Å². The van der Waals surface area contributed by atoms with Crippen LogP contribution in [-0.2, 0) is 11.5 Å². The maximum Gasteiger partial charge on any atom is 0.323 e. The quantitative estimate of drug-likeness (QED) is 0.502. The number of ether oxygens (including phenoxy) is 1. The average molecular weight is 479 g/mol. The number of hydrazine groups is 2. The zero-order valence-electron chi connectivity index (χ0n) is 17.6. The highest BCUT2D eigenvalue weighted by atomic mass is 19.3. The van der Waals surface area contributed by atoms with Gasteiger partial charge in [-0.1, -0.05) is 0 Å². The van der Waals surface area contributed by atoms with Gasteiger partial charge in [-0.25, -0.2) is 18.7 Å². The van der Waals surface area contributed by atoms with Crippen molar-refractivity contribution in [1.29, 1.82) is 0 Å². The molecule has 7 nitrogen and oxygen atoms in total. The first-order valence-corrected chi connectivity index (χ1v) is 9.85. The van der Waals surface area contributed by atoms with Crippen molar-refractivity contribution < 1.29 is 31.8 Å². The lowest BCUT2D eigenvalue weighted by Crippen LogP contribution is -2.55. The van der Waals surface area contributed by atoms with Gasteiger partial charge in [-0.15, -0.1) is 5.12 Å². The average Bonchev–Trinajstić information content (AvgIpc) is 3.19. The number of halogens is 5. The molecule has 0 bridgehead atoms. The molecule has 1 aliphatic heterocycles. The van der Waals surface area contributed by atoms with E-state index in [0.29, 0.717) is 6.07 Å². The molecule has 2 N–H and O–H groups in total. The maximum absolute atomic E-state index is 15.8. The summed E-state index contributed by atoms with van der Waals surface area (Å²) in [7, 11) is 1.44. The van der Waals surface area contributed by atoms with Crippen LogP contribution in [0.5, 0.6) is 11.5 Å². The molecule has 12 heteroatoms. The van der Waals surface area contributed by atoms with E-state index in [9.17, 15) is 18.3 Å². The lowest BCUT2D eigenvalue weighted by Gasteiger charge is -2.39. The molecule has 2 heterocycles. The number of aliphatic hydroxyl groups is 1. The van der Waals surface area contributed by atoms with Crippen LogP contribution in [-0.4, -0.2) is 40.1 Å². The molecule has 2 aromatic carbocycles. The van der Waals surface area contributed by atoms with Crippen LogP contribution >= 0.6 is 0 Å². The Kier molecular flexibility index (Phi) is 6.11. The van der Waals surface area contributed by atoms with Gasteiger partial charge in [0.1, 0.15) is 41.0 Å². The molecule has 1 unspecified atom stereocenters. The number of aromatic nitrogens is 1. The predicted octanol–water partition coefficient (Wildman–Crippen LogP) is 3.88. The first-order valence-electron chi connectivity index (χ1n) is 9.85. The Labute approximate surface area is 190 Å². The summed E-state index contributed by atoms with van der Waals surface area (Å²) in [4.78, 5) is 3.71. The summed E-state index contributed by atoms with van der Waals surface area (Å²) >= 11 is 0. The molecular weight excluding hydrogens is 461 g/mol. The summed E-state index contributed by atoms with van der Waals surface area (Å²) in [5.74, 6) is -6.66. The van der Waals surface area contributed by atoms with Crippen LogP contribution in [0, 0.1) is 17.5 Å². The molecule has 34 heavy (non-hydrogen) atoms. The third-order valence-corrected chi connectivity index (χ3v) is 5.17. The van der Waals surface area contributed by atoms with E-state index in [2.05, 4.69) is 15.6 Å². The second-order valence-electron chi connectivity index (χ2n) is 7.46. The number of nitrogens with zero attached hydrogens (tertiary/aromatic N) is 4. The summed E-state index contributed by atoms with van der Waals surface area (Å²) < 4.78 is 78.1. The second-order valence-corrected chi connectivity index (χ2v) is 7.46. The highest BCUT2D eigenvalue weighted by Gasteiger charge is 2.58. The fourth-order valence-electron chi connectivity index (χ4n) is 3.35. The van der Waals surface area contributed by atoms with E-state index in [1.807, 2.05) is 0 Å². The highest BCUT2D eigenvalue weighted by molar-refractivity contribution is 5.55. The van der Waals surface area contributed by atoms with Crippen LogP contribution in [0.15, 0.2) is 65.9 Å². The van der Waals surface area contributed by atoms with Gasteiger partial charge in [0.15, 0.2) is 5.60 Å². The number of β-amino-alcohol motifs (C(OH)–C–C–N with tert-alkyl or cyclic N) is 1. The first-order chi connectivity index (χ1) is 16.1. The number of rotatable bonds is 7. The maximum atomic E-state index is 15.8. The number of hydrogen-bond acceptors (Lipinski definition) is 7. The minimum absolute atomic E-state index is 0.0678. The van der Waals surface area contributed by atoms with Gasteiger partial charge in [0, 0.05) is 18.7 Å². The molecule has 0 fully saturated rings. The number of benzene rings is 2. The van der Waals surface area contributed by atoms with Gasteiger partial charge in [0.25, 0.3) is 0 Å². The Hall–Kier alpha value is -3.77. The summed E-state index contributed by atoms with van der Waals surface area (Å²) in [6.45, 7) is -0.856. The molecule has 0 saturated heterocycles. The normalized spacial score (nSPS) is 15.8. The van der Waals surface area contributed by atoms with E-state index < -0.39 is 46.8 Å². The number of hydrogen-bond donors (Lipinski definition) is 2. The van der Waals surface area contributed by atoms with E-state index in [-0.39, 0.29) is 11.5 Å². The highest BCUT2D eigenvalue weighted by Crippen LogP contribution is 2.46. The summed E-state index contributed by atoms with van der Waals surface area (Å²) in [5, 5.41) is 17.2. The van der Waals surface area contributed by atoms with Crippen LogP contribution in [0.25, 0.3) is 0 Å². The molecule has 3 aromatic rings. The van der Waals surface area contributed by atoms with Crippen LogP contribution in [0.4, 0.5) is 22.0 Å². The van der Waals surface area contributed by atoms with Crippen molar-refractivity contribution in [1.82, 2.24) is 20.6 Å². The fraction of sp³-hybridized carbons (Fsp3) is 0.182. The van der Waals surface area contributed by atoms with Crippen molar-refractivity contribution in [3.05, 3.63) is 89.5 Å². The van der Waals surface area contributed by atoms with Crippen LogP contribution in [0.2, 0.25) is 0 Å². The lowest BCUT2D eigenvalue weighted by atomic mass is 9.84. The van der Waals surface area contributed by atoms with Crippen molar-refractivity contribution in [3.8, 4) is 11.5 Å². The van der Waals surface area contributed by atoms with Crippen molar-refractivity contribution in [3.63, 3.8) is 0 Å². The molecule has 1 atom stereocenters. The lowest BCUT2D eigenvalue weighted by molar-refractivity contribution is -0.214. The summed E-state index contributed by atoms with van der Waals surface area (Å²) in [6, 6.07) is 9.02. The van der Waals surface area contributed by atoms with E-state index in [0.717, 1.165) is 47.9 Å². The van der Waals surface area contributed by atoms with Crippen molar-refractivity contribution >= 4 is 6.34 Å². The molecule has 178 valence electrons. The second kappa shape index (κ2) is 8.88. The third-order valence-electron chi connectivity index (χ3n) is 5.17. The Morgan fingerprint density at radius 3 is 2.24 bits per heavy atom. The Balaban J connectivity index is 1.69. The predicted molar refractivity (Wildman–Crippen MR) is 111 cm³/mol. The zero-order valence-corrected chi connectivity index (χ0v) is 17.6. The van der Waals surface area contributed by atoms with E-state index >= 15 is 8.78 Å². The topological polar surface area (TPSA) is 73.2 Å². The zero-order chi connectivity index (χ0) is 24.5. The number of alkyl halides is 2. The largest absolute Gasteiger partial charge is 0.456 e. The molecule has 0 spiro atoms. The van der Waals surface area contributed by atoms with Crippen molar-refractivity contribution in [2.24, 2.45) is 5.10 Å². The van der Waals surface area contributed by atoms with E-state index in [1.54, 1.807) is 0 Å². The summed E-state index contributed by atoms with van der Waals surface area (Å²) in [5.41, 5.74) is -2.46. The SMILES string of the molecule is CN1NN=CN1CC(O)(c1ccc(F)cc1F)C(F)(F)c1ccc(Oc2ccc(F)cc2)cn1. The Morgan fingerprint density at radius 2 is 1.65 bits per heavy atom. The molecule has 0 saturated carbocycles. The number of pyridine rings is 1.